The minimum absolute atomic E-state index is 0.0609. The highest BCUT2D eigenvalue weighted by Gasteiger charge is 2.10. The average Bonchev–Trinajstić information content (AvgIpc) is 2.37. The zero-order chi connectivity index (χ0) is 15.0. The van der Waals surface area contributed by atoms with Crippen molar-refractivity contribution < 1.29 is 13.2 Å². The molecule has 1 aromatic carbocycles. The lowest BCUT2D eigenvalue weighted by molar-refractivity contribution is 0.163. The first-order chi connectivity index (χ1) is 9.48. The van der Waals surface area contributed by atoms with Crippen molar-refractivity contribution >= 4 is 15.7 Å². The van der Waals surface area contributed by atoms with E-state index in [-0.39, 0.29) is 12.4 Å². The fraction of sp³-hybridized carbons (Fsp3) is 0.429. The van der Waals surface area contributed by atoms with E-state index < -0.39 is 10.0 Å². The van der Waals surface area contributed by atoms with Gasteiger partial charge >= 0.3 is 0 Å². The Morgan fingerprint density at radius 1 is 1.40 bits per heavy atom. The summed E-state index contributed by atoms with van der Waals surface area (Å²) < 4.78 is 31.2. The predicted molar refractivity (Wildman–Crippen MR) is 81.0 cm³/mol. The SMILES string of the molecule is CCOCCS(=O)(=O)Nc1ccc(C#CCN)c(C)c1. The van der Waals surface area contributed by atoms with Gasteiger partial charge in [0.05, 0.1) is 18.9 Å². The molecule has 0 aliphatic rings. The summed E-state index contributed by atoms with van der Waals surface area (Å²) in [6.07, 6.45) is 0. The Bertz CT molecular complexity index is 601. The molecule has 0 unspecified atom stereocenters. The number of nitrogens with two attached hydrogens (primary N) is 1. The third-order valence-electron chi connectivity index (χ3n) is 2.53. The van der Waals surface area contributed by atoms with E-state index in [1.807, 2.05) is 13.8 Å². The van der Waals surface area contributed by atoms with Crippen LogP contribution in [0, 0.1) is 18.8 Å². The maximum atomic E-state index is 11.8. The minimum atomic E-state index is -3.38. The summed E-state index contributed by atoms with van der Waals surface area (Å²) >= 11 is 0. The third-order valence-corrected chi connectivity index (χ3v) is 3.78. The molecule has 0 aliphatic carbocycles. The van der Waals surface area contributed by atoms with Gasteiger partial charge in [-0.3, -0.25) is 4.72 Å². The van der Waals surface area contributed by atoms with E-state index >= 15 is 0 Å². The molecule has 0 saturated heterocycles. The molecule has 0 saturated carbocycles. The van der Waals surface area contributed by atoms with Crippen molar-refractivity contribution in [3.63, 3.8) is 0 Å². The van der Waals surface area contributed by atoms with Crippen molar-refractivity contribution in [1.82, 2.24) is 0 Å². The molecule has 0 bridgehead atoms. The van der Waals surface area contributed by atoms with Crippen LogP contribution in [0.5, 0.6) is 0 Å². The predicted octanol–water partition coefficient (Wildman–Crippen LogP) is 1.08. The van der Waals surface area contributed by atoms with Gasteiger partial charge in [0.1, 0.15) is 0 Å². The van der Waals surface area contributed by atoms with Crippen molar-refractivity contribution in [2.24, 2.45) is 5.73 Å². The molecule has 0 atom stereocenters. The van der Waals surface area contributed by atoms with E-state index in [1.165, 1.54) is 0 Å². The van der Waals surface area contributed by atoms with Gasteiger partial charge in [-0.15, -0.1) is 0 Å². The molecule has 0 radical (unpaired) electrons. The monoisotopic (exact) mass is 296 g/mol. The highest BCUT2D eigenvalue weighted by atomic mass is 32.2. The van der Waals surface area contributed by atoms with Crippen LogP contribution >= 0.6 is 0 Å². The fourth-order valence-corrected chi connectivity index (χ4v) is 2.48. The van der Waals surface area contributed by atoms with Crippen LogP contribution in [-0.2, 0) is 14.8 Å². The second kappa shape index (κ2) is 7.90. The van der Waals surface area contributed by atoms with E-state index in [1.54, 1.807) is 18.2 Å². The molecule has 0 amide bonds. The van der Waals surface area contributed by atoms with Crippen molar-refractivity contribution in [3.05, 3.63) is 29.3 Å². The second-order valence-corrected chi connectivity index (χ2v) is 6.00. The lowest BCUT2D eigenvalue weighted by Gasteiger charge is -2.09. The van der Waals surface area contributed by atoms with E-state index in [9.17, 15) is 8.42 Å². The number of ether oxygens (including phenoxy) is 1. The van der Waals surface area contributed by atoms with Gasteiger partial charge in [-0.05, 0) is 37.6 Å². The van der Waals surface area contributed by atoms with Crippen LogP contribution < -0.4 is 10.5 Å². The highest BCUT2D eigenvalue weighted by molar-refractivity contribution is 7.92. The Balaban J connectivity index is 2.76. The molecule has 3 N–H and O–H groups in total. The summed E-state index contributed by atoms with van der Waals surface area (Å²) in [5.41, 5.74) is 7.59. The normalized spacial score (nSPS) is 10.8. The molecule has 6 heteroatoms. The molecule has 0 aliphatic heterocycles. The quantitative estimate of drug-likeness (QED) is 0.608. The zero-order valence-corrected chi connectivity index (χ0v) is 12.6. The van der Waals surface area contributed by atoms with Crippen LogP contribution in [0.1, 0.15) is 18.1 Å². The maximum absolute atomic E-state index is 11.8. The van der Waals surface area contributed by atoms with Gasteiger partial charge < -0.3 is 10.5 Å². The summed E-state index contributed by atoms with van der Waals surface area (Å²) in [4.78, 5) is 0. The fourth-order valence-electron chi connectivity index (χ4n) is 1.56. The lowest BCUT2D eigenvalue weighted by Crippen LogP contribution is -2.20. The Morgan fingerprint density at radius 2 is 2.15 bits per heavy atom. The topological polar surface area (TPSA) is 81.4 Å². The minimum Gasteiger partial charge on any atom is -0.381 e. The number of anilines is 1. The van der Waals surface area contributed by atoms with Crippen molar-refractivity contribution in [2.45, 2.75) is 13.8 Å². The van der Waals surface area contributed by atoms with Crippen molar-refractivity contribution in [1.29, 1.82) is 0 Å². The van der Waals surface area contributed by atoms with Gasteiger partial charge in [0.25, 0.3) is 0 Å². The van der Waals surface area contributed by atoms with Crippen LogP contribution in [0.15, 0.2) is 18.2 Å². The largest absolute Gasteiger partial charge is 0.381 e. The van der Waals surface area contributed by atoms with Gasteiger partial charge in [-0.25, -0.2) is 8.42 Å². The molecule has 1 aromatic rings. The zero-order valence-electron chi connectivity index (χ0n) is 11.8. The number of aryl methyl sites for hydroxylation is 1. The second-order valence-electron chi connectivity index (χ2n) is 4.15. The highest BCUT2D eigenvalue weighted by Crippen LogP contribution is 2.15. The van der Waals surface area contributed by atoms with E-state index in [4.69, 9.17) is 10.5 Å². The number of benzene rings is 1. The first-order valence-corrected chi connectivity index (χ1v) is 8.01. The smallest absolute Gasteiger partial charge is 0.234 e. The summed E-state index contributed by atoms with van der Waals surface area (Å²) in [7, 11) is -3.38. The molecule has 110 valence electrons. The summed E-state index contributed by atoms with van der Waals surface area (Å²) in [5, 5.41) is 0. The Morgan fingerprint density at radius 3 is 2.75 bits per heavy atom. The van der Waals surface area contributed by atoms with Gasteiger partial charge in [-0.1, -0.05) is 11.8 Å². The lowest BCUT2D eigenvalue weighted by atomic mass is 10.1. The van der Waals surface area contributed by atoms with Crippen LogP contribution in [0.4, 0.5) is 5.69 Å². The number of rotatable bonds is 6. The van der Waals surface area contributed by atoms with Crippen LogP contribution in [-0.4, -0.2) is 33.9 Å². The number of nitrogens with one attached hydrogen (secondary N) is 1. The standard InChI is InChI=1S/C14H20N2O3S/c1-3-19-9-10-20(17,18)16-14-7-6-13(5-4-8-15)12(2)11-14/h6-7,11,16H,3,8-10,15H2,1-2H3. The van der Waals surface area contributed by atoms with Crippen LogP contribution in [0.2, 0.25) is 0 Å². The molecule has 5 nitrogen and oxygen atoms in total. The molecule has 0 heterocycles. The van der Waals surface area contributed by atoms with E-state index in [2.05, 4.69) is 16.6 Å². The molecular weight excluding hydrogens is 276 g/mol. The number of hydrogen-bond donors (Lipinski definition) is 2. The van der Waals surface area contributed by atoms with E-state index in [0.29, 0.717) is 18.8 Å². The molecular formula is C14H20N2O3S. The van der Waals surface area contributed by atoms with Crippen molar-refractivity contribution in [2.75, 3.05) is 30.2 Å². The average molecular weight is 296 g/mol. The Kier molecular flexibility index (Phi) is 6.52. The molecule has 0 spiro atoms. The summed E-state index contributed by atoms with van der Waals surface area (Å²) in [6.45, 7) is 4.68. The van der Waals surface area contributed by atoms with Crippen LogP contribution in [0.3, 0.4) is 0 Å². The maximum Gasteiger partial charge on any atom is 0.234 e. The summed E-state index contributed by atoms with van der Waals surface area (Å²) in [5.74, 6) is 5.64. The molecule has 20 heavy (non-hydrogen) atoms. The Labute approximate surface area is 120 Å². The third kappa shape index (κ3) is 5.61. The summed E-state index contributed by atoms with van der Waals surface area (Å²) in [6, 6.07) is 5.21. The van der Waals surface area contributed by atoms with Crippen LogP contribution in [0.25, 0.3) is 0 Å². The number of hydrogen-bond acceptors (Lipinski definition) is 4. The van der Waals surface area contributed by atoms with Gasteiger partial charge in [0, 0.05) is 17.9 Å². The van der Waals surface area contributed by atoms with Gasteiger partial charge in [-0.2, -0.15) is 0 Å². The molecule has 1 rings (SSSR count). The molecule has 0 fully saturated rings. The van der Waals surface area contributed by atoms with Crippen molar-refractivity contribution in [3.8, 4) is 11.8 Å². The van der Waals surface area contributed by atoms with Gasteiger partial charge in [0.15, 0.2) is 0 Å². The van der Waals surface area contributed by atoms with E-state index in [0.717, 1.165) is 11.1 Å². The molecule has 0 aromatic heterocycles. The first-order valence-electron chi connectivity index (χ1n) is 6.36. The van der Waals surface area contributed by atoms with Gasteiger partial charge in [0.2, 0.25) is 10.0 Å². The first kappa shape index (κ1) is 16.5. The number of sulfonamides is 1. The Hall–Kier alpha value is -1.55.